The second kappa shape index (κ2) is 7.63. The molecule has 2 N–H and O–H groups in total. The van der Waals surface area contributed by atoms with Crippen LogP contribution in [0, 0.1) is 13.8 Å². The zero-order chi connectivity index (χ0) is 17.8. The first kappa shape index (κ1) is 17.4. The second-order valence-corrected chi connectivity index (χ2v) is 6.49. The maximum atomic E-state index is 6.14. The standard InChI is InChI=1S/C18H17ClN4OS/c1-11-7-12(2)9-13(8-11)21-18(25)20-10-16-22-17(23-24-16)14-5-3-4-6-15(14)19/h3-9H,10H2,1-2H3,(H2,20,21,25). The molecule has 0 atom stereocenters. The van der Waals surface area contributed by atoms with Crippen LogP contribution in [0.5, 0.6) is 0 Å². The van der Waals surface area contributed by atoms with Gasteiger partial charge in [0.15, 0.2) is 5.11 Å². The summed E-state index contributed by atoms with van der Waals surface area (Å²) in [5.74, 6) is 0.884. The summed E-state index contributed by atoms with van der Waals surface area (Å²) in [7, 11) is 0. The molecule has 0 saturated heterocycles. The average molecular weight is 373 g/mol. The van der Waals surface area contributed by atoms with Crippen LogP contribution in [0.25, 0.3) is 11.4 Å². The predicted molar refractivity (Wildman–Crippen MR) is 104 cm³/mol. The van der Waals surface area contributed by atoms with Crippen LogP contribution in [0.1, 0.15) is 17.0 Å². The van der Waals surface area contributed by atoms with Gasteiger partial charge in [0, 0.05) is 11.3 Å². The Hall–Kier alpha value is -2.44. The van der Waals surface area contributed by atoms with Crippen molar-refractivity contribution in [2.45, 2.75) is 20.4 Å². The lowest BCUT2D eigenvalue weighted by Gasteiger charge is -2.10. The SMILES string of the molecule is Cc1cc(C)cc(NC(=S)NCc2nc(-c3ccccc3Cl)no2)c1. The summed E-state index contributed by atoms with van der Waals surface area (Å²) < 4.78 is 5.24. The molecule has 0 spiro atoms. The van der Waals surface area contributed by atoms with E-state index in [0.717, 1.165) is 11.3 Å². The molecule has 7 heteroatoms. The number of halogens is 1. The number of aromatic nitrogens is 2. The third kappa shape index (κ3) is 4.55. The molecule has 5 nitrogen and oxygen atoms in total. The van der Waals surface area contributed by atoms with Crippen molar-refractivity contribution in [2.75, 3.05) is 5.32 Å². The Morgan fingerprint density at radius 3 is 2.60 bits per heavy atom. The number of benzene rings is 2. The zero-order valence-corrected chi connectivity index (χ0v) is 15.4. The van der Waals surface area contributed by atoms with Gasteiger partial charge in [0.25, 0.3) is 0 Å². The van der Waals surface area contributed by atoms with Gasteiger partial charge in [0.2, 0.25) is 11.7 Å². The molecule has 25 heavy (non-hydrogen) atoms. The minimum atomic E-state index is 0.327. The van der Waals surface area contributed by atoms with Crippen LogP contribution in [-0.2, 0) is 6.54 Å². The van der Waals surface area contributed by atoms with E-state index < -0.39 is 0 Å². The third-order valence-corrected chi connectivity index (χ3v) is 4.04. The van der Waals surface area contributed by atoms with Gasteiger partial charge in [-0.25, -0.2) is 0 Å². The van der Waals surface area contributed by atoms with Gasteiger partial charge in [-0.2, -0.15) is 4.98 Å². The van der Waals surface area contributed by atoms with Crippen LogP contribution < -0.4 is 10.6 Å². The minimum absolute atomic E-state index is 0.327. The predicted octanol–water partition coefficient (Wildman–Crippen LogP) is 4.49. The highest BCUT2D eigenvalue weighted by atomic mass is 35.5. The Morgan fingerprint density at radius 2 is 1.88 bits per heavy atom. The fraction of sp³-hybridized carbons (Fsp3) is 0.167. The summed E-state index contributed by atoms with van der Waals surface area (Å²) in [5, 5.41) is 11.2. The van der Waals surface area contributed by atoms with E-state index in [0.29, 0.717) is 28.4 Å². The largest absolute Gasteiger partial charge is 0.353 e. The molecule has 0 radical (unpaired) electrons. The third-order valence-electron chi connectivity index (χ3n) is 3.46. The summed E-state index contributed by atoms with van der Waals surface area (Å²) in [6.45, 7) is 4.42. The molecular weight excluding hydrogens is 356 g/mol. The second-order valence-electron chi connectivity index (χ2n) is 5.68. The molecule has 1 heterocycles. The van der Waals surface area contributed by atoms with Crippen LogP contribution >= 0.6 is 23.8 Å². The van der Waals surface area contributed by atoms with Gasteiger partial charge >= 0.3 is 0 Å². The van der Waals surface area contributed by atoms with Gasteiger partial charge in [-0.15, -0.1) is 0 Å². The van der Waals surface area contributed by atoms with Crippen LogP contribution in [0.3, 0.4) is 0 Å². The highest BCUT2D eigenvalue weighted by Crippen LogP contribution is 2.24. The fourth-order valence-corrected chi connectivity index (χ4v) is 2.87. The van der Waals surface area contributed by atoms with E-state index in [2.05, 4.69) is 26.8 Å². The van der Waals surface area contributed by atoms with E-state index in [1.165, 1.54) is 11.1 Å². The number of nitrogens with one attached hydrogen (secondary N) is 2. The maximum absolute atomic E-state index is 6.14. The first-order valence-corrected chi connectivity index (χ1v) is 8.50. The molecule has 0 fully saturated rings. The molecule has 0 aliphatic heterocycles. The molecule has 3 aromatic rings. The van der Waals surface area contributed by atoms with Crippen LogP contribution in [0.15, 0.2) is 47.0 Å². The Kier molecular flexibility index (Phi) is 5.31. The first-order chi connectivity index (χ1) is 12.0. The minimum Gasteiger partial charge on any atom is -0.353 e. The number of thiocarbonyl (C=S) groups is 1. The lowest BCUT2D eigenvalue weighted by molar-refractivity contribution is 0.376. The topological polar surface area (TPSA) is 63.0 Å². The number of hydrogen-bond acceptors (Lipinski definition) is 4. The molecule has 0 unspecified atom stereocenters. The molecule has 0 aliphatic rings. The number of anilines is 1. The van der Waals surface area contributed by atoms with Gasteiger partial charge in [-0.3, -0.25) is 0 Å². The summed E-state index contributed by atoms with van der Waals surface area (Å²) in [6, 6.07) is 13.5. The van der Waals surface area contributed by atoms with Crippen molar-refractivity contribution < 1.29 is 4.52 Å². The Balaban J connectivity index is 1.60. The summed E-state index contributed by atoms with van der Waals surface area (Å²) in [5.41, 5.74) is 4.02. The van der Waals surface area contributed by atoms with E-state index in [-0.39, 0.29) is 0 Å². The van der Waals surface area contributed by atoms with Crippen molar-refractivity contribution in [3.63, 3.8) is 0 Å². The maximum Gasteiger partial charge on any atom is 0.246 e. The fourth-order valence-electron chi connectivity index (χ4n) is 2.46. The van der Waals surface area contributed by atoms with Crippen molar-refractivity contribution in [3.8, 4) is 11.4 Å². The van der Waals surface area contributed by atoms with E-state index >= 15 is 0 Å². The van der Waals surface area contributed by atoms with Gasteiger partial charge in [-0.05, 0) is 61.5 Å². The molecule has 3 rings (SSSR count). The smallest absolute Gasteiger partial charge is 0.246 e. The van der Waals surface area contributed by atoms with Crippen molar-refractivity contribution in [1.29, 1.82) is 0 Å². The number of hydrogen-bond donors (Lipinski definition) is 2. The van der Waals surface area contributed by atoms with E-state index in [9.17, 15) is 0 Å². The number of rotatable bonds is 4. The molecule has 0 bridgehead atoms. The van der Waals surface area contributed by atoms with Gasteiger partial charge in [0.1, 0.15) is 0 Å². The van der Waals surface area contributed by atoms with Crippen molar-refractivity contribution in [3.05, 3.63) is 64.5 Å². The van der Waals surface area contributed by atoms with Crippen LogP contribution in [0.2, 0.25) is 5.02 Å². The summed E-state index contributed by atoms with van der Waals surface area (Å²) >= 11 is 11.5. The average Bonchev–Trinajstić information content (AvgIpc) is 3.01. The summed E-state index contributed by atoms with van der Waals surface area (Å²) in [6.07, 6.45) is 0. The lowest BCUT2D eigenvalue weighted by atomic mass is 10.1. The van der Waals surface area contributed by atoms with Gasteiger partial charge in [0.05, 0.1) is 11.6 Å². The molecule has 0 amide bonds. The molecule has 2 aromatic carbocycles. The molecule has 128 valence electrons. The van der Waals surface area contributed by atoms with Crippen molar-refractivity contribution >= 4 is 34.6 Å². The highest BCUT2D eigenvalue weighted by molar-refractivity contribution is 7.80. The normalized spacial score (nSPS) is 10.5. The monoisotopic (exact) mass is 372 g/mol. The Bertz CT molecular complexity index is 889. The highest BCUT2D eigenvalue weighted by Gasteiger charge is 2.11. The molecule has 0 aliphatic carbocycles. The Morgan fingerprint density at radius 1 is 1.16 bits per heavy atom. The van der Waals surface area contributed by atoms with Crippen molar-refractivity contribution in [2.24, 2.45) is 0 Å². The molecule has 1 aromatic heterocycles. The van der Waals surface area contributed by atoms with E-state index in [1.807, 2.05) is 44.2 Å². The van der Waals surface area contributed by atoms with Crippen molar-refractivity contribution in [1.82, 2.24) is 15.5 Å². The van der Waals surface area contributed by atoms with Crippen LogP contribution in [0.4, 0.5) is 5.69 Å². The summed E-state index contributed by atoms with van der Waals surface area (Å²) in [4.78, 5) is 4.34. The van der Waals surface area contributed by atoms with E-state index in [1.54, 1.807) is 6.07 Å². The van der Waals surface area contributed by atoms with Crippen LogP contribution in [-0.4, -0.2) is 15.3 Å². The van der Waals surface area contributed by atoms with E-state index in [4.69, 9.17) is 28.3 Å². The van der Waals surface area contributed by atoms with Gasteiger partial charge < -0.3 is 15.2 Å². The lowest BCUT2D eigenvalue weighted by Crippen LogP contribution is -2.28. The first-order valence-electron chi connectivity index (χ1n) is 7.72. The van der Waals surface area contributed by atoms with Gasteiger partial charge in [-0.1, -0.05) is 35.0 Å². The number of aryl methyl sites for hydroxylation is 2. The zero-order valence-electron chi connectivity index (χ0n) is 13.8. The Labute approximate surface area is 156 Å². The quantitative estimate of drug-likeness (QED) is 0.658. The molecule has 0 saturated carbocycles. The number of nitrogens with zero attached hydrogens (tertiary/aromatic N) is 2. The molecular formula is C18H17ClN4OS.